The molecular weight excluding hydrogens is 316 g/mol. The van der Waals surface area contributed by atoms with Crippen LogP contribution in [0.4, 0.5) is 11.4 Å². The van der Waals surface area contributed by atoms with Crippen molar-refractivity contribution < 1.29 is 0 Å². The Morgan fingerprint density at radius 1 is 0.500 bits per heavy atom. The number of fused-ring (bicyclic) bond motifs is 1. The summed E-state index contributed by atoms with van der Waals surface area (Å²) in [6.07, 6.45) is 4.10. The van der Waals surface area contributed by atoms with Crippen molar-refractivity contribution in [2.45, 2.75) is 13.8 Å². The fourth-order valence-corrected chi connectivity index (χ4v) is 2.98. The Morgan fingerprint density at radius 3 is 1.27 bits per heavy atom. The highest BCUT2D eigenvalue weighted by Crippen LogP contribution is 2.24. The fourth-order valence-electron chi connectivity index (χ4n) is 2.98. The van der Waals surface area contributed by atoms with Gasteiger partial charge in [0.05, 0.1) is 22.8 Å². The Kier molecular flexibility index (Phi) is 4.32. The number of hydrogen-bond donors (Lipinski definition) is 0. The van der Waals surface area contributed by atoms with Crippen molar-refractivity contribution in [2.24, 2.45) is 9.98 Å². The van der Waals surface area contributed by atoms with Gasteiger partial charge in [-0.05, 0) is 50.3 Å². The van der Waals surface area contributed by atoms with Crippen molar-refractivity contribution >= 4 is 22.8 Å². The average Bonchev–Trinajstić information content (AvgIpc) is 2.67. The SMILES string of the molecule is Cc1ccc(N=C2C=CC(=Nc3ccc(C)cc3)c3ccccc32)cc1. The maximum Gasteiger partial charge on any atom is 0.0716 e. The minimum absolute atomic E-state index is 0.962. The average molecular weight is 336 g/mol. The van der Waals surface area contributed by atoms with E-state index in [2.05, 4.69) is 86.7 Å². The van der Waals surface area contributed by atoms with Gasteiger partial charge in [-0.1, -0.05) is 59.7 Å². The zero-order valence-electron chi connectivity index (χ0n) is 15.0. The van der Waals surface area contributed by atoms with Crippen molar-refractivity contribution in [3.63, 3.8) is 0 Å². The molecule has 4 rings (SSSR count). The maximum absolute atomic E-state index is 4.83. The van der Waals surface area contributed by atoms with E-state index in [1.54, 1.807) is 0 Å². The van der Waals surface area contributed by atoms with Gasteiger partial charge in [-0.3, -0.25) is 0 Å². The molecular formula is C24H20N2. The smallest absolute Gasteiger partial charge is 0.0716 e. The summed E-state index contributed by atoms with van der Waals surface area (Å²) in [7, 11) is 0. The van der Waals surface area contributed by atoms with Gasteiger partial charge in [-0.25, -0.2) is 9.98 Å². The summed E-state index contributed by atoms with van der Waals surface area (Å²) in [5.41, 5.74) is 8.55. The highest BCUT2D eigenvalue weighted by atomic mass is 14.8. The van der Waals surface area contributed by atoms with Crippen LogP contribution in [0.1, 0.15) is 22.3 Å². The normalized spacial score (nSPS) is 16.1. The van der Waals surface area contributed by atoms with Crippen LogP contribution < -0.4 is 0 Å². The molecule has 3 aromatic rings. The minimum Gasteiger partial charge on any atom is -0.248 e. The molecule has 0 atom stereocenters. The van der Waals surface area contributed by atoms with Crippen LogP contribution in [0, 0.1) is 13.8 Å². The maximum atomic E-state index is 4.83. The van der Waals surface area contributed by atoms with E-state index in [-0.39, 0.29) is 0 Å². The largest absolute Gasteiger partial charge is 0.248 e. The Morgan fingerprint density at radius 2 is 0.885 bits per heavy atom. The number of hydrogen-bond acceptors (Lipinski definition) is 2. The highest BCUT2D eigenvalue weighted by molar-refractivity contribution is 6.26. The molecule has 0 radical (unpaired) electrons. The van der Waals surface area contributed by atoms with E-state index in [0.717, 1.165) is 33.9 Å². The molecule has 0 aliphatic heterocycles. The summed E-state index contributed by atoms with van der Waals surface area (Å²) in [6.45, 7) is 4.17. The number of allylic oxidation sites excluding steroid dienone is 2. The monoisotopic (exact) mass is 336 g/mol. The van der Waals surface area contributed by atoms with E-state index in [1.165, 1.54) is 11.1 Å². The van der Waals surface area contributed by atoms with Gasteiger partial charge in [0.15, 0.2) is 0 Å². The molecule has 0 amide bonds. The first-order valence-electron chi connectivity index (χ1n) is 8.78. The first-order chi connectivity index (χ1) is 12.7. The van der Waals surface area contributed by atoms with Crippen molar-refractivity contribution in [3.8, 4) is 0 Å². The Balaban J connectivity index is 1.76. The number of aryl methyl sites for hydroxylation is 2. The van der Waals surface area contributed by atoms with Gasteiger partial charge >= 0.3 is 0 Å². The van der Waals surface area contributed by atoms with E-state index in [4.69, 9.17) is 9.98 Å². The third-order valence-corrected chi connectivity index (χ3v) is 4.45. The second-order valence-electron chi connectivity index (χ2n) is 6.54. The van der Waals surface area contributed by atoms with Crippen LogP contribution in [0.5, 0.6) is 0 Å². The summed E-state index contributed by atoms with van der Waals surface area (Å²) < 4.78 is 0. The highest BCUT2D eigenvalue weighted by Gasteiger charge is 2.15. The molecule has 0 unspecified atom stereocenters. The fraction of sp³-hybridized carbons (Fsp3) is 0.0833. The Labute approximate surface area is 154 Å². The van der Waals surface area contributed by atoms with Gasteiger partial charge in [-0.2, -0.15) is 0 Å². The quantitative estimate of drug-likeness (QED) is 0.539. The van der Waals surface area contributed by atoms with Gasteiger partial charge in [0.1, 0.15) is 0 Å². The summed E-state index contributed by atoms with van der Waals surface area (Å²) in [6, 6.07) is 24.9. The molecule has 0 spiro atoms. The second kappa shape index (κ2) is 6.93. The molecule has 26 heavy (non-hydrogen) atoms. The van der Waals surface area contributed by atoms with Gasteiger partial charge in [0.2, 0.25) is 0 Å². The first-order valence-corrected chi connectivity index (χ1v) is 8.78. The number of rotatable bonds is 2. The van der Waals surface area contributed by atoms with Gasteiger partial charge in [0, 0.05) is 11.1 Å². The summed E-state index contributed by atoms with van der Waals surface area (Å²) in [4.78, 5) is 9.66. The van der Waals surface area contributed by atoms with E-state index < -0.39 is 0 Å². The predicted molar refractivity (Wildman–Crippen MR) is 110 cm³/mol. The second-order valence-corrected chi connectivity index (χ2v) is 6.54. The lowest BCUT2D eigenvalue weighted by Crippen LogP contribution is -2.12. The van der Waals surface area contributed by atoms with E-state index in [9.17, 15) is 0 Å². The molecule has 0 fully saturated rings. The molecule has 0 saturated heterocycles. The molecule has 1 aliphatic carbocycles. The number of benzene rings is 3. The molecule has 2 nitrogen and oxygen atoms in total. The van der Waals surface area contributed by atoms with Crippen molar-refractivity contribution in [1.29, 1.82) is 0 Å². The number of nitrogens with zero attached hydrogens (tertiary/aromatic N) is 2. The van der Waals surface area contributed by atoms with Gasteiger partial charge in [0.25, 0.3) is 0 Å². The van der Waals surface area contributed by atoms with Crippen LogP contribution >= 0.6 is 0 Å². The zero-order valence-corrected chi connectivity index (χ0v) is 15.0. The lowest BCUT2D eigenvalue weighted by Gasteiger charge is -2.15. The van der Waals surface area contributed by atoms with E-state index in [0.29, 0.717) is 0 Å². The van der Waals surface area contributed by atoms with E-state index in [1.807, 2.05) is 12.1 Å². The summed E-state index contributed by atoms with van der Waals surface area (Å²) in [5, 5.41) is 0. The van der Waals surface area contributed by atoms with Crippen LogP contribution in [-0.4, -0.2) is 11.4 Å². The molecule has 0 heterocycles. The molecule has 126 valence electrons. The Bertz CT molecular complexity index is 936. The summed E-state index contributed by atoms with van der Waals surface area (Å²) in [5.74, 6) is 0. The first kappa shape index (κ1) is 16.2. The van der Waals surface area contributed by atoms with Gasteiger partial charge < -0.3 is 0 Å². The minimum atomic E-state index is 0.962. The van der Waals surface area contributed by atoms with Gasteiger partial charge in [-0.15, -0.1) is 0 Å². The lowest BCUT2D eigenvalue weighted by molar-refractivity contribution is 1.41. The molecule has 0 saturated carbocycles. The van der Waals surface area contributed by atoms with Crippen LogP contribution in [0.15, 0.2) is 94.9 Å². The molecule has 1 aliphatic rings. The van der Waals surface area contributed by atoms with Crippen LogP contribution in [0.3, 0.4) is 0 Å². The Hall–Kier alpha value is -3.26. The molecule has 0 aromatic heterocycles. The molecule has 2 heteroatoms. The standard InChI is InChI=1S/C24H20N2/c1-17-7-11-19(12-8-17)25-23-15-16-24(22-6-4-3-5-21(22)23)26-20-13-9-18(2)10-14-20/h3-16H,1-2H3. The predicted octanol–water partition coefficient (Wildman–Crippen LogP) is 6.11. The topological polar surface area (TPSA) is 24.7 Å². The van der Waals surface area contributed by atoms with Crippen LogP contribution in [-0.2, 0) is 0 Å². The van der Waals surface area contributed by atoms with Crippen LogP contribution in [0.25, 0.3) is 0 Å². The molecule has 3 aromatic carbocycles. The van der Waals surface area contributed by atoms with E-state index >= 15 is 0 Å². The number of aliphatic imine (C=N–C) groups is 2. The van der Waals surface area contributed by atoms with Crippen molar-refractivity contribution in [3.05, 3.63) is 107 Å². The lowest BCUT2D eigenvalue weighted by atomic mass is 9.93. The third kappa shape index (κ3) is 3.40. The molecule has 0 N–H and O–H groups in total. The third-order valence-electron chi connectivity index (χ3n) is 4.45. The van der Waals surface area contributed by atoms with Crippen molar-refractivity contribution in [1.82, 2.24) is 0 Å². The van der Waals surface area contributed by atoms with Crippen molar-refractivity contribution in [2.75, 3.05) is 0 Å². The molecule has 0 bridgehead atoms. The van der Waals surface area contributed by atoms with Crippen LogP contribution in [0.2, 0.25) is 0 Å². The summed E-state index contributed by atoms with van der Waals surface area (Å²) >= 11 is 0. The zero-order chi connectivity index (χ0) is 17.9.